The van der Waals surface area contributed by atoms with Crippen LogP contribution in [0.25, 0.3) is 0 Å². The van der Waals surface area contributed by atoms with Gasteiger partial charge in [0.05, 0.1) is 6.42 Å². The van der Waals surface area contributed by atoms with E-state index in [9.17, 15) is 4.79 Å². The highest BCUT2D eigenvalue weighted by Crippen LogP contribution is 2.19. The average molecular weight is 220 g/mol. The molecular weight excluding hydrogens is 214 g/mol. The molecule has 0 saturated carbocycles. The van der Waals surface area contributed by atoms with E-state index in [4.69, 9.17) is 5.73 Å². The lowest BCUT2D eigenvalue weighted by atomic mass is 10.3. The first kappa shape index (κ1) is 7.75. The molecule has 0 spiro atoms. The number of carbonyl (C=O) groups excluding carboxylic acids is 1. The summed E-state index contributed by atoms with van der Waals surface area (Å²) in [7, 11) is 0. The highest BCUT2D eigenvalue weighted by atomic mass is 79.9. The molecule has 1 rings (SSSR count). The van der Waals surface area contributed by atoms with Crippen LogP contribution in [-0.2, 0) is 11.2 Å². The average Bonchev–Trinajstić information content (AvgIpc) is 2.13. The summed E-state index contributed by atoms with van der Waals surface area (Å²) in [6.45, 7) is 0. The van der Waals surface area contributed by atoms with Gasteiger partial charge in [0.15, 0.2) is 0 Å². The van der Waals surface area contributed by atoms with E-state index in [1.54, 1.807) is 0 Å². The first-order valence-corrected chi connectivity index (χ1v) is 4.37. The Balaban J connectivity index is 2.67. The van der Waals surface area contributed by atoms with Crippen molar-refractivity contribution in [3.63, 3.8) is 0 Å². The number of nitrogens with two attached hydrogens (primary N) is 1. The molecule has 0 bridgehead atoms. The van der Waals surface area contributed by atoms with Crippen LogP contribution in [0.15, 0.2) is 15.9 Å². The Bertz CT molecular complexity index is 246. The van der Waals surface area contributed by atoms with Gasteiger partial charge in [-0.05, 0) is 22.0 Å². The molecule has 0 unspecified atom stereocenters. The van der Waals surface area contributed by atoms with E-state index in [-0.39, 0.29) is 5.91 Å². The van der Waals surface area contributed by atoms with Crippen LogP contribution < -0.4 is 5.73 Å². The molecule has 10 heavy (non-hydrogen) atoms. The van der Waals surface area contributed by atoms with Gasteiger partial charge in [0.25, 0.3) is 0 Å². The Kier molecular flexibility index (Phi) is 2.45. The van der Waals surface area contributed by atoms with E-state index in [1.165, 1.54) is 11.3 Å². The molecule has 0 aliphatic heterocycles. The normalized spacial score (nSPS) is 9.70. The molecule has 2 nitrogen and oxygen atoms in total. The number of hydrogen-bond donors (Lipinski definition) is 1. The summed E-state index contributed by atoms with van der Waals surface area (Å²) in [6, 6.07) is 1.90. The summed E-state index contributed by atoms with van der Waals surface area (Å²) in [5.74, 6) is -0.283. The topological polar surface area (TPSA) is 43.1 Å². The molecule has 0 saturated heterocycles. The SMILES string of the molecule is NC(=O)Cc1cc(Br)cs1. The second kappa shape index (κ2) is 3.16. The Morgan fingerprint density at radius 1 is 1.80 bits per heavy atom. The summed E-state index contributed by atoms with van der Waals surface area (Å²) in [4.78, 5) is 11.4. The van der Waals surface area contributed by atoms with Crippen molar-refractivity contribution in [3.05, 3.63) is 20.8 Å². The third-order valence-corrected chi connectivity index (χ3v) is 2.67. The van der Waals surface area contributed by atoms with Crippen LogP contribution in [0, 0.1) is 0 Å². The predicted molar refractivity (Wildman–Crippen MR) is 44.9 cm³/mol. The van der Waals surface area contributed by atoms with Crippen LogP contribution in [0.3, 0.4) is 0 Å². The van der Waals surface area contributed by atoms with E-state index in [0.29, 0.717) is 6.42 Å². The minimum atomic E-state index is -0.283. The molecular formula is C6H6BrNOS. The number of primary amides is 1. The standard InChI is InChI=1S/C6H6BrNOS/c7-4-1-5(10-3-4)2-6(8)9/h1,3H,2H2,(H2,8,9). The van der Waals surface area contributed by atoms with Crippen LogP contribution in [0.2, 0.25) is 0 Å². The van der Waals surface area contributed by atoms with E-state index in [1.807, 2.05) is 11.4 Å². The molecule has 0 atom stereocenters. The maximum atomic E-state index is 10.4. The minimum absolute atomic E-state index is 0.283. The van der Waals surface area contributed by atoms with Gasteiger partial charge in [-0.3, -0.25) is 4.79 Å². The minimum Gasteiger partial charge on any atom is -0.369 e. The van der Waals surface area contributed by atoms with E-state index >= 15 is 0 Å². The smallest absolute Gasteiger partial charge is 0.222 e. The molecule has 0 aromatic carbocycles. The van der Waals surface area contributed by atoms with Crippen molar-refractivity contribution in [3.8, 4) is 0 Å². The first-order chi connectivity index (χ1) is 4.68. The molecule has 1 aromatic rings. The quantitative estimate of drug-likeness (QED) is 0.806. The Labute approximate surface area is 71.2 Å². The number of hydrogen-bond acceptors (Lipinski definition) is 2. The van der Waals surface area contributed by atoms with Crippen molar-refractivity contribution in [2.45, 2.75) is 6.42 Å². The number of amides is 1. The second-order valence-electron chi connectivity index (χ2n) is 1.87. The Morgan fingerprint density at radius 3 is 2.90 bits per heavy atom. The van der Waals surface area contributed by atoms with Gasteiger partial charge in [0, 0.05) is 14.7 Å². The summed E-state index contributed by atoms with van der Waals surface area (Å²) >= 11 is 4.81. The molecule has 0 aliphatic carbocycles. The third-order valence-electron chi connectivity index (χ3n) is 0.970. The van der Waals surface area contributed by atoms with Gasteiger partial charge >= 0.3 is 0 Å². The first-order valence-electron chi connectivity index (χ1n) is 2.69. The van der Waals surface area contributed by atoms with Gasteiger partial charge in [-0.1, -0.05) is 0 Å². The molecule has 54 valence electrons. The lowest BCUT2D eigenvalue weighted by Gasteiger charge is -1.86. The highest BCUT2D eigenvalue weighted by Gasteiger charge is 2.00. The molecule has 4 heteroatoms. The van der Waals surface area contributed by atoms with Crippen LogP contribution in [0.5, 0.6) is 0 Å². The second-order valence-corrected chi connectivity index (χ2v) is 3.79. The van der Waals surface area contributed by atoms with Crippen molar-refractivity contribution >= 4 is 33.2 Å². The number of rotatable bonds is 2. The lowest BCUT2D eigenvalue weighted by Crippen LogP contribution is -2.12. The van der Waals surface area contributed by atoms with Crippen molar-refractivity contribution in [1.29, 1.82) is 0 Å². The zero-order valence-corrected chi connectivity index (χ0v) is 7.54. The molecule has 1 heterocycles. The molecule has 2 N–H and O–H groups in total. The van der Waals surface area contributed by atoms with Crippen molar-refractivity contribution < 1.29 is 4.79 Å². The molecule has 0 aliphatic rings. The summed E-state index contributed by atoms with van der Waals surface area (Å²) in [5, 5.41) is 1.93. The van der Waals surface area contributed by atoms with Gasteiger partial charge < -0.3 is 5.73 Å². The molecule has 0 fully saturated rings. The molecule has 1 amide bonds. The Morgan fingerprint density at radius 2 is 2.50 bits per heavy atom. The van der Waals surface area contributed by atoms with Gasteiger partial charge in [0.2, 0.25) is 5.91 Å². The highest BCUT2D eigenvalue weighted by molar-refractivity contribution is 9.10. The number of thiophene rings is 1. The van der Waals surface area contributed by atoms with Gasteiger partial charge in [-0.25, -0.2) is 0 Å². The van der Waals surface area contributed by atoms with Crippen molar-refractivity contribution in [2.24, 2.45) is 5.73 Å². The fraction of sp³-hybridized carbons (Fsp3) is 0.167. The maximum Gasteiger partial charge on any atom is 0.222 e. The zero-order chi connectivity index (χ0) is 7.56. The summed E-state index contributed by atoms with van der Waals surface area (Å²) in [6.07, 6.45) is 0.344. The van der Waals surface area contributed by atoms with Crippen LogP contribution in [-0.4, -0.2) is 5.91 Å². The number of carbonyl (C=O) groups is 1. The molecule has 0 radical (unpaired) electrons. The van der Waals surface area contributed by atoms with Gasteiger partial charge in [-0.15, -0.1) is 11.3 Å². The lowest BCUT2D eigenvalue weighted by molar-refractivity contribution is -0.117. The van der Waals surface area contributed by atoms with E-state index in [2.05, 4.69) is 15.9 Å². The predicted octanol–water partition coefficient (Wildman–Crippen LogP) is 1.54. The fourth-order valence-corrected chi connectivity index (χ4v) is 2.08. The molecule has 1 aromatic heterocycles. The van der Waals surface area contributed by atoms with Crippen LogP contribution >= 0.6 is 27.3 Å². The van der Waals surface area contributed by atoms with E-state index in [0.717, 1.165) is 9.35 Å². The summed E-state index contributed by atoms with van der Waals surface area (Å²) in [5.41, 5.74) is 4.99. The maximum absolute atomic E-state index is 10.4. The van der Waals surface area contributed by atoms with Gasteiger partial charge in [-0.2, -0.15) is 0 Å². The van der Waals surface area contributed by atoms with E-state index < -0.39 is 0 Å². The fourth-order valence-electron chi connectivity index (χ4n) is 0.618. The van der Waals surface area contributed by atoms with Crippen LogP contribution in [0.4, 0.5) is 0 Å². The zero-order valence-electron chi connectivity index (χ0n) is 5.13. The Hall–Kier alpha value is -0.350. The monoisotopic (exact) mass is 219 g/mol. The number of halogens is 1. The van der Waals surface area contributed by atoms with Crippen molar-refractivity contribution in [2.75, 3.05) is 0 Å². The largest absolute Gasteiger partial charge is 0.369 e. The van der Waals surface area contributed by atoms with Gasteiger partial charge in [0.1, 0.15) is 0 Å². The summed E-state index contributed by atoms with van der Waals surface area (Å²) < 4.78 is 1.01. The van der Waals surface area contributed by atoms with Crippen molar-refractivity contribution in [1.82, 2.24) is 0 Å². The van der Waals surface area contributed by atoms with Crippen LogP contribution in [0.1, 0.15) is 4.88 Å². The third kappa shape index (κ3) is 2.11.